The summed E-state index contributed by atoms with van der Waals surface area (Å²) in [6.07, 6.45) is 0. The molecule has 7 aromatic rings. The molecule has 0 aliphatic carbocycles. The predicted molar refractivity (Wildman–Crippen MR) is 165 cm³/mol. The smallest absolute Gasteiger partial charge is 0.163 e. The summed E-state index contributed by atoms with van der Waals surface area (Å²) in [5.74, 6) is -0.755. The van der Waals surface area contributed by atoms with Crippen molar-refractivity contribution in [2.24, 2.45) is 0 Å². The molecule has 0 aliphatic rings. The Morgan fingerprint density at radius 2 is 0.762 bits per heavy atom. The first-order chi connectivity index (χ1) is 20.5. The van der Waals surface area contributed by atoms with Crippen LogP contribution >= 0.6 is 0 Å². The number of benzene rings is 5. The molecule has 0 bridgehead atoms. The lowest BCUT2D eigenvalue weighted by molar-refractivity contribution is 0.100. The lowest BCUT2D eigenvalue weighted by Crippen LogP contribution is -2.18. The summed E-state index contributed by atoms with van der Waals surface area (Å²) in [6.45, 7) is 2.80. The first kappa shape index (κ1) is 25.0. The topological polar surface area (TPSA) is 91.6 Å². The summed E-state index contributed by atoms with van der Waals surface area (Å²) in [5, 5.41) is 24.7. The van der Waals surface area contributed by atoms with E-state index in [0.717, 1.165) is 43.6 Å². The number of fused-ring (bicyclic) bond motifs is 6. The highest BCUT2D eigenvalue weighted by molar-refractivity contribution is 6.16. The number of hydrogen-bond donors (Lipinski definition) is 0. The maximum absolute atomic E-state index is 13.6. The molecule has 0 saturated carbocycles. The van der Waals surface area contributed by atoms with E-state index in [1.165, 1.54) is 13.8 Å². The monoisotopic (exact) mass is 542 g/mol. The molecule has 6 nitrogen and oxygen atoms in total. The first-order valence-electron chi connectivity index (χ1n) is 13.5. The number of Topliss-reactive ketones (excluding diaryl/α,β-unsaturated/α-hetero) is 2. The standard InChI is InChI=1S/C36H22N4O2/c1-21(41)33-27(19-37)28(20-38)34(22(2)42)36(40-31-17-9-5-13-25(31)26-14-6-10-18-32(26)40)35(33)39-29-15-7-3-11-23(29)24-12-4-8-16-30(24)39/h3-18H,1-2H3. The molecule has 0 N–H and O–H groups in total. The van der Waals surface area contributed by atoms with Gasteiger partial charge in [0.05, 0.1) is 55.7 Å². The highest BCUT2D eigenvalue weighted by atomic mass is 16.1. The van der Waals surface area contributed by atoms with Gasteiger partial charge < -0.3 is 9.13 Å². The first-order valence-corrected chi connectivity index (χ1v) is 13.5. The minimum absolute atomic E-state index is 0.0995. The Morgan fingerprint density at radius 1 is 0.500 bits per heavy atom. The van der Waals surface area contributed by atoms with Crippen LogP contribution in [-0.4, -0.2) is 20.7 Å². The van der Waals surface area contributed by atoms with Crippen LogP contribution in [0, 0.1) is 22.7 Å². The summed E-state index contributed by atoms with van der Waals surface area (Å²) < 4.78 is 3.93. The van der Waals surface area contributed by atoms with Crippen molar-refractivity contribution in [1.82, 2.24) is 9.13 Å². The molecule has 2 heterocycles. The number of nitriles is 2. The van der Waals surface area contributed by atoms with Gasteiger partial charge in [-0.15, -0.1) is 0 Å². The molecule has 6 heteroatoms. The quantitative estimate of drug-likeness (QED) is 0.211. The van der Waals surface area contributed by atoms with Crippen molar-refractivity contribution in [3.8, 4) is 23.5 Å². The van der Waals surface area contributed by atoms with Crippen LogP contribution in [0.15, 0.2) is 97.1 Å². The Bertz CT molecular complexity index is 2120. The van der Waals surface area contributed by atoms with E-state index in [4.69, 9.17) is 0 Å². The second kappa shape index (κ2) is 9.30. The molecular weight excluding hydrogens is 520 g/mol. The molecule has 5 aromatic carbocycles. The molecule has 42 heavy (non-hydrogen) atoms. The minimum atomic E-state index is -0.378. The van der Waals surface area contributed by atoms with Gasteiger partial charge >= 0.3 is 0 Å². The Balaban J connectivity index is 1.87. The SMILES string of the molecule is CC(=O)c1c(C#N)c(C#N)c(C(C)=O)c(-n2c3ccccc3c3ccccc32)c1-n1c2ccccc2c2ccccc21. The lowest BCUT2D eigenvalue weighted by Gasteiger charge is -2.24. The fourth-order valence-corrected chi connectivity index (χ4v) is 6.40. The molecule has 0 unspecified atom stereocenters. The maximum atomic E-state index is 13.6. The van der Waals surface area contributed by atoms with Crippen LogP contribution in [-0.2, 0) is 0 Å². The van der Waals surface area contributed by atoms with E-state index >= 15 is 0 Å². The van der Waals surface area contributed by atoms with E-state index in [1.54, 1.807) is 0 Å². The van der Waals surface area contributed by atoms with E-state index in [0.29, 0.717) is 11.4 Å². The highest BCUT2D eigenvalue weighted by Crippen LogP contribution is 2.43. The zero-order chi connectivity index (χ0) is 29.1. The molecule has 0 atom stereocenters. The lowest BCUT2D eigenvalue weighted by atomic mass is 9.89. The van der Waals surface area contributed by atoms with Crippen molar-refractivity contribution >= 4 is 55.2 Å². The molecular formula is C36H22N4O2. The number of aromatic nitrogens is 2. The number of carbonyl (C=O) groups is 2. The van der Waals surface area contributed by atoms with E-state index < -0.39 is 0 Å². The predicted octanol–water partition coefficient (Wildman–Crippen LogP) is 8.03. The number of carbonyl (C=O) groups excluding carboxylic acids is 2. The number of hydrogen-bond acceptors (Lipinski definition) is 4. The van der Waals surface area contributed by atoms with Gasteiger partial charge in [-0.05, 0) is 38.1 Å². The van der Waals surface area contributed by atoms with Gasteiger partial charge in [-0.1, -0.05) is 72.8 Å². The van der Waals surface area contributed by atoms with E-state index in [9.17, 15) is 20.1 Å². The van der Waals surface area contributed by atoms with Crippen molar-refractivity contribution in [2.75, 3.05) is 0 Å². The van der Waals surface area contributed by atoms with E-state index in [2.05, 4.69) is 12.1 Å². The fourth-order valence-electron chi connectivity index (χ4n) is 6.40. The van der Waals surface area contributed by atoms with Crippen molar-refractivity contribution in [3.63, 3.8) is 0 Å². The van der Waals surface area contributed by atoms with Crippen LogP contribution in [0.1, 0.15) is 45.7 Å². The van der Waals surface area contributed by atoms with Gasteiger partial charge in [0.15, 0.2) is 11.6 Å². The summed E-state index contributed by atoms with van der Waals surface area (Å²) in [7, 11) is 0. The average Bonchev–Trinajstić information content (AvgIpc) is 3.52. The molecule has 7 rings (SSSR count). The molecule has 198 valence electrons. The van der Waals surface area contributed by atoms with Gasteiger partial charge in [-0.2, -0.15) is 10.5 Å². The number of para-hydroxylation sites is 4. The van der Waals surface area contributed by atoms with Crippen molar-refractivity contribution < 1.29 is 9.59 Å². The van der Waals surface area contributed by atoms with Crippen LogP contribution in [0.3, 0.4) is 0 Å². The second-order valence-corrected chi connectivity index (χ2v) is 10.3. The highest BCUT2D eigenvalue weighted by Gasteiger charge is 2.33. The zero-order valence-electron chi connectivity index (χ0n) is 22.8. The fraction of sp³-hybridized carbons (Fsp3) is 0.0556. The van der Waals surface area contributed by atoms with Crippen molar-refractivity contribution in [3.05, 3.63) is 119 Å². The molecule has 0 aliphatic heterocycles. The molecule has 2 aromatic heterocycles. The van der Waals surface area contributed by atoms with Crippen molar-refractivity contribution in [1.29, 1.82) is 10.5 Å². The number of nitrogens with zero attached hydrogens (tertiary/aromatic N) is 4. The third kappa shape index (κ3) is 3.30. The normalized spacial score (nSPS) is 11.2. The minimum Gasteiger partial charge on any atom is -0.306 e. The van der Waals surface area contributed by atoms with Gasteiger partial charge in [0.1, 0.15) is 12.1 Å². The van der Waals surface area contributed by atoms with E-state index in [-0.39, 0.29) is 33.8 Å². The second-order valence-electron chi connectivity index (χ2n) is 10.3. The van der Waals surface area contributed by atoms with Crippen molar-refractivity contribution in [2.45, 2.75) is 13.8 Å². The Morgan fingerprint density at radius 3 is 1.00 bits per heavy atom. The summed E-state index contributed by atoms with van der Waals surface area (Å²) in [4.78, 5) is 27.3. The summed E-state index contributed by atoms with van der Waals surface area (Å²) in [5.41, 5.74) is 4.03. The molecule has 0 fully saturated rings. The number of rotatable bonds is 4. The molecule has 0 spiro atoms. The zero-order valence-corrected chi connectivity index (χ0v) is 22.8. The summed E-state index contributed by atoms with van der Waals surface area (Å²) >= 11 is 0. The Labute approximate surface area is 240 Å². The third-order valence-corrected chi connectivity index (χ3v) is 7.98. The van der Waals surface area contributed by atoms with Crippen LogP contribution in [0.2, 0.25) is 0 Å². The molecule has 0 amide bonds. The molecule has 0 saturated heterocycles. The van der Waals surface area contributed by atoms with Gasteiger partial charge in [0, 0.05) is 21.5 Å². The van der Waals surface area contributed by atoms with Gasteiger partial charge in [-0.3, -0.25) is 9.59 Å². The van der Waals surface area contributed by atoms with Crippen LogP contribution < -0.4 is 0 Å². The van der Waals surface area contributed by atoms with Crippen LogP contribution in [0.5, 0.6) is 0 Å². The van der Waals surface area contributed by atoms with Crippen LogP contribution in [0.4, 0.5) is 0 Å². The van der Waals surface area contributed by atoms with Crippen LogP contribution in [0.25, 0.3) is 55.0 Å². The van der Waals surface area contributed by atoms with Gasteiger partial charge in [0.2, 0.25) is 0 Å². The Hall–Kier alpha value is -5.98. The Kier molecular flexibility index (Phi) is 5.54. The maximum Gasteiger partial charge on any atom is 0.163 e. The average molecular weight is 543 g/mol. The third-order valence-electron chi connectivity index (χ3n) is 7.98. The summed E-state index contributed by atoms with van der Waals surface area (Å²) in [6, 6.07) is 35.7. The van der Waals surface area contributed by atoms with E-state index in [1.807, 2.05) is 106 Å². The van der Waals surface area contributed by atoms with Gasteiger partial charge in [-0.25, -0.2) is 0 Å². The largest absolute Gasteiger partial charge is 0.306 e. The van der Waals surface area contributed by atoms with Gasteiger partial charge in [0.25, 0.3) is 0 Å². The number of ketones is 2. The molecule has 0 radical (unpaired) electrons.